The summed E-state index contributed by atoms with van der Waals surface area (Å²) >= 11 is 0. The molecule has 0 radical (unpaired) electrons. The Kier molecular flexibility index (Phi) is 11.8. The number of unbranched alkanes of at least 4 members (excludes halogenated alkanes) is 9. The Balaban J connectivity index is 1.76. The van der Waals surface area contributed by atoms with Crippen LogP contribution in [0.1, 0.15) is 64.2 Å². The van der Waals surface area contributed by atoms with Crippen LogP contribution in [0.2, 0.25) is 0 Å². The molecule has 0 atom stereocenters. The van der Waals surface area contributed by atoms with Crippen LogP contribution in [0.15, 0.2) is 43.2 Å². The Labute approximate surface area is 141 Å². The van der Waals surface area contributed by atoms with Gasteiger partial charge in [-0.25, -0.2) is 9.36 Å². The van der Waals surface area contributed by atoms with Gasteiger partial charge in [0.1, 0.15) is 6.54 Å². The van der Waals surface area contributed by atoms with Gasteiger partial charge in [0.05, 0.1) is 6.61 Å². The smallest absolute Gasteiger partial charge is 0.330 e. The third kappa shape index (κ3) is 11.6. The molecule has 0 aliphatic heterocycles. The second-order valence-electron chi connectivity index (χ2n) is 6.02. The van der Waals surface area contributed by atoms with Crippen molar-refractivity contribution < 1.29 is 14.1 Å². The van der Waals surface area contributed by atoms with Gasteiger partial charge in [0.15, 0.2) is 12.4 Å². The molecule has 1 heterocycles. The third-order valence-corrected chi connectivity index (χ3v) is 4.00. The van der Waals surface area contributed by atoms with Gasteiger partial charge in [-0.05, 0) is 12.8 Å². The van der Waals surface area contributed by atoms with Crippen molar-refractivity contribution in [1.29, 1.82) is 0 Å². The van der Waals surface area contributed by atoms with Crippen LogP contribution in [0.25, 0.3) is 0 Å². The van der Waals surface area contributed by atoms with Crippen molar-refractivity contribution >= 4 is 5.97 Å². The lowest BCUT2D eigenvalue weighted by atomic mass is 10.1. The summed E-state index contributed by atoms with van der Waals surface area (Å²) in [6.07, 6.45) is 18.2. The first-order chi connectivity index (χ1) is 11.3. The van der Waals surface area contributed by atoms with Gasteiger partial charge in [-0.15, -0.1) is 0 Å². The Morgan fingerprint density at radius 1 is 0.826 bits per heavy atom. The van der Waals surface area contributed by atoms with Crippen molar-refractivity contribution in [1.82, 2.24) is 0 Å². The molecular formula is C20H32NO2+. The fourth-order valence-electron chi connectivity index (χ4n) is 2.63. The van der Waals surface area contributed by atoms with E-state index in [4.69, 9.17) is 4.74 Å². The minimum absolute atomic E-state index is 0.310. The molecule has 0 aliphatic rings. The van der Waals surface area contributed by atoms with Gasteiger partial charge in [-0.1, -0.05) is 57.6 Å². The predicted molar refractivity (Wildman–Crippen MR) is 94.0 cm³/mol. The van der Waals surface area contributed by atoms with Crippen LogP contribution in [-0.2, 0) is 16.1 Å². The van der Waals surface area contributed by atoms with E-state index in [0.29, 0.717) is 6.61 Å². The summed E-state index contributed by atoms with van der Waals surface area (Å²) in [6.45, 7) is 5.04. The highest BCUT2D eigenvalue weighted by Crippen LogP contribution is 2.10. The van der Waals surface area contributed by atoms with Crippen molar-refractivity contribution in [3.8, 4) is 0 Å². The molecule has 3 nitrogen and oxygen atoms in total. The summed E-state index contributed by atoms with van der Waals surface area (Å²) in [5.41, 5.74) is 0. The zero-order chi connectivity index (χ0) is 16.6. The molecule has 0 saturated heterocycles. The van der Waals surface area contributed by atoms with E-state index in [9.17, 15) is 4.79 Å². The van der Waals surface area contributed by atoms with Gasteiger partial charge in [-0.2, -0.15) is 0 Å². The van der Waals surface area contributed by atoms with Gasteiger partial charge >= 0.3 is 5.97 Å². The summed E-state index contributed by atoms with van der Waals surface area (Å²) in [5, 5.41) is 0. The highest BCUT2D eigenvalue weighted by Gasteiger charge is 1.98. The zero-order valence-electron chi connectivity index (χ0n) is 14.4. The van der Waals surface area contributed by atoms with Gasteiger partial charge in [0.2, 0.25) is 0 Å². The second-order valence-corrected chi connectivity index (χ2v) is 6.02. The molecule has 1 rings (SSSR count). The zero-order valence-corrected chi connectivity index (χ0v) is 14.4. The van der Waals surface area contributed by atoms with Gasteiger partial charge < -0.3 is 4.74 Å². The molecule has 0 bridgehead atoms. The molecule has 1 aromatic heterocycles. The topological polar surface area (TPSA) is 30.2 Å². The number of hydrogen-bond acceptors (Lipinski definition) is 2. The maximum atomic E-state index is 10.8. The molecule has 0 N–H and O–H groups in total. The molecule has 0 aromatic carbocycles. The van der Waals surface area contributed by atoms with E-state index in [1.165, 1.54) is 57.4 Å². The quantitative estimate of drug-likeness (QED) is 0.217. The summed E-state index contributed by atoms with van der Waals surface area (Å²) < 4.78 is 7.20. The highest BCUT2D eigenvalue weighted by molar-refractivity contribution is 5.81. The standard InChI is InChI=1S/C20H32NO2/c1-2-20(22)23-19-15-10-8-6-4-3-5-7-9-12-16-21-17-13-11-14-18-21/h2,11,13-14,17-18H,1,3-10,12,15-16,19H2/q+1. The molecule has 0 spiro atoms. The van der Waals surface area contributed by atoms with Crippen LogP contribution in [0.5, 0.6) is 0 Å². The number of hydrogen-bond donors (Lipinski definition) is 0. The fraction of sp³-hybridized carbons (Fsp3) is 0.600. The average molecular weight is 318 g/mol. The molecule has 0 aliphatic carbocycles. The van der Waals surface area contributed by atoms with Crippen LogP contribution < -0.4 is 4.57 Å². The first kappa shape index (κ1) is 19.4. The van der Waals surface area contributed by atoms with Crippen LogP contribution in [0.4, 0.5) is 0 Å². The van der Waals surface area contributed by atoms with E-state index in [2.05, 4.69) is 41.7 Å². The first-order valence-corrected chi connectivity index (χ1v) is 9.06. The maximum Gasteiger partial charge on any atom is 0.330 e. The molecule has 3 heteroatoms. The number of pyridine rings is 1. The second kappa shape index (κ2) is 14.0. The van der Waals surface area contributed by atoms with E-state index in [0.717, 1.165) is 19.4 Å². The van der Waals surface area contributed by atoms with Gasteiger partial charge in [0.25, 0.3) is 0 Å². The number of nitrogens with zero attached hydrogens (tertiary/aromatic N) is 1. The number of aryl methyl sites for hydroxylation is 1. The Bertz CT molecular complexity index is 417. The number of ether oxygens (including phenoxy) is 1. The first-order valence-electron chi connectivity index (χ1n) is 9.06. The molecule has 0 unspecified atom stereocenters. The minimum Gasteiger partial charge on any atom is -0.463 e. The van der Waals surface area contributed by atoms with Crippen molar-refractivity contribution in [2.45, 2.75) is 70.8 Å². The minimum atomic E-state index is -0.310. The number of aromatic nitrogens is 1. The lowest BCUT2D eigenvalue weighted by Crippen LogP contribution is -2.32. The van der Waals surface area contributed by atoms with Crippen molar-refractivity contribution in [3.05, 3.63) is 43.2 Å². The van der Waals surface area contributed by atoms with E-state index < -0.39 is 0 Å². The Morgan fingerprint density at radius 2 is 1.35 bits per heavy atom. The van der Waals surface area contributed by atoms with E-state index in [-0.39, 0.29) is 5.97 Å². The van der Waals surface area contributed by atoms with Crippen molar-refractivity contribution in [2.75, 3.05) is 6.61 Å². The monoisotopic (exact) mass is 318 g/mol. The predicted octanol–water partition coefficient (Wildman–Crippen LogP) is 4.60. The normalized spacial score (nSPS) is 10.4. The maximum absolute atomic E-state index is 10.8. The number of esters is 1. The van der Waals surface area contributed by atoms with Gasteiger partial charge in [0, 0.05) is 24.6 Å². The summed E-state index contributed by atoms with van der Waals surface area (Å²) in [7, 11) is 0. The van der Waals surface area contributed by atoms with Crippen LogP contribution in [-0.4, -0.2) is 12.6 Å². The average Bonchev–Trinajstić information content (AvgIpc) is 2.59. The molecule has 128 valence electrons. The summed E-state index contributed by atoms with van der Waals surface area (Å²) in [6, 6.07) is 6.23. The number of rotatable bonds is 14. The van der Waals surface area contributed by atoms with Crippen LogP contribution in [0.3, 0.4) is 0 Å². The molecule has 0 fully saturated rings. The van der Waals surface area contributed by atoms with Gasteiger partial charge in [-0.3, -0.25) is 0 Å². The fourth-order valence-corrected chi connectivity index (χ4v) is 2.63. The highest BCUT2D eigenvalue weighted by atomic mass is 16.5. The molecule has 1 aromatic rings. The Hall–Kier alpha value is -1.64. The van der Waals surface area contributed by atoms with Crippen LogP contribution in [0, 0.1) is 0 Å². The van der Waals surface area contributed by atoms with E-state index in [1.807, 2.05) is 0 Å². The summed E-state index contributed by atoms with van der Waals surface area (Å²) in [5.74, 6) is -0.310. The van der Waals surface area contributed by atoms with E-state index in [1.54, 1.807) is 0 Å². The molecule has 0 saturated carbocycles. The lowest BCUT2D eigenvalue weighted by Gasteiger charge is -2.03. The van der Waals surface area contributed by atoms with Crippen molar-refractivity contribution in [3.63, 3.8) is 0 Å². The van der Waals surface area contributed by atoms with Crippen molar-refractivity contribution in [2.24, 2.45) is 0 Å². The molecular weight excluding hydrogens is 286 g/mol. The van der Waals surface area contributed by atoms with E-state index >= 15 is 0 Å². The SMILES string of the molecule is C=CC(=O)OCCCCCCCCCCCC[n+]1ccccc1. The lowest BCUT2D eigenvalue weighted by molar-refractivity contribution is -0.697. The third-order valence-electron chi connectivity index (χ3n) is 4.00. The molecule has 0 amide bonds. The number of carbonyl (C=O) groups is 1. The summed E-state index contributed by atoms with van der Waals surface area (Å²) in [4.78, 5) is 10.8. The largest absolute Gasteiger partial charge is 0.463 e. The van der Waals surface area contributed by atoms with Crippen LogP contribution >= 0.6 is 0 Å². The molecule has 23 heavy (non-hydrogen) atoms. The Morgan fingerprint density at radius 3 is 1.91 bits per heavy atom. The number of carbonyl (C=O) groups excluding carboxylic acids is 1.